The van der Waals surface area contributed by atoms with Gasteiger partial charge in [-0.15, -0.1) is 11.3 Å². The predicted octanol–water partition coefficient (Wildman–Crippen LogP) is 4.05. The van der Waals surface area contributed by atoms with Gasteiger partial charge in [-0.25, -0.2) is 0 Å². The molecule has 8 heteroatoms. The van der Waals surface area contributed by atoms with Gasteiger partial charge in [-0.2, -0.15) is 5.26 Å². The molecule has 0 radical (unpaired) electrons. The minimum absolute atomic E-state index is 0.0450. The molecule has 1 aliphatic carbocycles. The fourth-order valence-corrected chi connectivity index (χ4v) is 4.85. The number of rotatable bonds is 6. The number of likely N-dealkylation sites (N-methyl/N-ethyl adjacent to an activating group) is 1. The molecule has 3 rings (SSSR count). The lowest BCUT2D eigenvalue weighted by molar-refractivity contribution is -0.119. The number of para-hydroxylation sites is 1. The minimum atomic E-state index is -0.256. The zero-order valence-corrected chi connectivity index (χ0v) is 17.8. The van der Waals surface area contributed by atoms with Gasteiger partial charge in [-0.3, -0.25) is 14.5 Å². The van der Waals surface area contributed by atoms with Gasteiger partial charge in [0.1, 0.15) is 11.1 Å². The van der Waals surface area contributed by atoms with Crippen LogP contribution < -0.4 is 10.6 Å². The van der Waals surface area contributed by atoms with Crippen LogP contribution >= 0.6 is 22.9 Å². The molecule has 0 bridgehead atoms. The Morgan fingerprint density at radius 1 is 1.14 bits per heavy atom. The third-order valence-electron chi connectivity index (χ3n) is 4.76. The molecule has 1 aromatic heterocycles. The number of hydrogen-bond donors (Lipinski definition) is 2. The average molecular weight is 431 g/mol. The Balaban J connectivity index is 1.56. The van der Waals surface area contributed by atoms with E-state index in [9.17, 15) is 14.9 Å². The smallest absolute Gasteiger partial charge is 0.239 e. The Bertz CT molecular complexity index is 951. The van der Waals surface area contributed by atoms with Crippen molar-refractivity contribution in [1.29, 1.82) is 5.26 Å². The Labute approximate surface area is 179 Å². The zero-order valence-electron chi connectivity index (χ0n) is 16.3. The van der Waals surface area contributed by atoms with Crippen molar-refractivity contribution in [3.05, 3.63) is 45.3 Å². The number of fused-ring (bicyclic) bond motifs is 1. The Kier molecular flexibility index (Phi) is 7.26. The van der Waals surface area contributed by atoms with Gasteiger partial charge in [0.05, 0.1) is 29.4 Å². The number of thiophene rings is 1. The number of aryl methyl sites for hydroxylation is 1. The normalized spacial score (nSPS) is 13.3. The van der Waals surface area contributed by atoms with E-state index in [-0.39, 0.29) is 24.9 Å². The van der Waals surface area contributed by atoms with Crippen molar-refractivity contribution in [2.24, 2.45) is 0 Å². The van der Waals surface area contributed by atoms with Crippen molar-refractivity contribution in [2.45, 2.75) is 32.1 Å². The summed E-state index contributed by atoms with van der Waals surface area (Å²) in [6.07, 6.45) is 5.23. The summed E-state index contributed by atoms with van der Waals surface area (Å²) >= 11 is 7.55. The molecule has 6 nitrogen and oxygen atoms in total. The SMILES string of the molecule is CN(CC(=O)Nc1ccccc1Cl)CC(=O)Nc1sc2c(c1C#N)CCCCC2. The maximum atomic E-state index is 12.5. The highest BCUT2D eigenvalue weighted by Gasteiger charge is 2.21. The molecular formula is C21H23ClN4O2S. The lowest BCUT2D eigenvalue weighted by Crippen LogP contribution is -2.36. The average Bonchev–Trinajstić information content (AvgIpc) is 2.82. The van der Waals surface area contributed by atoms with Gasteiger partial charge >= 0.3 is 0 Å². The van der Waals surface area contributed by atoms with E-state index in [1.165, 1.54) is 22.6 Å². The quantitative estimate of drug-likeness (QED) is 0.677. The predicted molar refractivity (Wildman–Crippen MR) is 117 cm³/mol. The minimum Gasteiger partial charge on any atom is -0.324 e. The van der Waals surface area contributed by atoms with Crippen molar-refractivity contribution >= 4 is 45.4 Å². The fraction of sp³-hybridized carbons (Fsp3) is 0.381. The monoisotopic (exact) mass is 430 g/mol. The summed E-state index contributed by atoms with van der Waals surface area (Å²) in [4.78, 5) is 27.5. The van der Waals surface area contributed by atoms with Gasteiger partial charge in [0.15, 0.2) is 0 Å². The highest BCUT2D eigenvalue weighted by Crippen LogP contribution is 2.36. The number of carbonyl (C=O) groups excluding carboxylic acids is 2. The number of nitrogens with one attached hydrogen (secondary N) is 2. The first-order valence-electron chi connectivity index (χ1n) is 9.55. The maximum absolute atomic E-state index is 12.5. The van der Waals surface area contributed by atoms with Crippen LogP contribution in [0, 0.1) is 11.3 Å². The van der Waals surface area contributed by atoms with Crippen LogP contribution in [-0.4, -0.2) is 36.9 Å². The molecule has 1 aromatic carbocycles. The third kappa shape index (κ3) is 5.57. The maximum Gasteiger partial charge on any atom is 0.239 e. The van der Waals surface area contributed by atoms with Crippen molar-refractivity contribution < 1.29 is 9.59 Å². The molecule has 0 aliphatic heterocycles. The summed E-state index contributed by atoms with van der Waals surface area (Å²) in [5.41, 5.74) is 2.23. The lowest BCUT2D eigenvalue weighted by Gasteiger charge is -2.16. The van der Waals surface area contributed by atoms with Crippen molar-refractivity contribution in [3.63, 3.8) is 0 Å². The van der Waals surface area contributed by atoms with E-state index < -0.39 is 0 Å². The molecule has 152 valence electrons. The van der Waals surface area contributed by atoms with Gasteiger partial charge in [0.2, 0.25) is 11.8 Å². The highest BCUT2D eigenvalue weighted by molar-refractivity contribution is 7.16. The first-order valence-corrected chi connectivity index (χ1v) is 10.7. The number of halogens is 1. The van der Waals surface area contributed by atoms with Crippen molar-refractivity contribution in [2.75, 3.05) is 30.8 Å². The summed E-state index contributed by atoms with van der Waals surface area (Å²) in [5, 5.41) is 16.2. The second-order valence-electron chi connectivity index (χ2n) is 7.13. The molecule has 0 saturated heterocycles. The Morgan fingerprint density at radius 3 is 2.55 bits per heavy atom. The number of carbonyl (C=O) groups is 2. The van der Waals surface area contributed by atoms with Crippen LogP contribution in [0.4, 0.5) is 10.7 Å². The molecule has 1 aliphatic rings. The summed E-state index contributed by atoms with van der Waals surface area (Å²) in [6.45, 7) is 0.0913. The van der Waals surface area contributed by atoms with E-state index >= 15 is 0 Å². The second-order valence-corrected chi connectivity index (χ2v) is 8.64. The van der Waals surface area contributed by atoms with Crippen LogP contribution in [0.25, 0.3) is 0 Å². The highest BCUT2D eigenvalue weighted by atomic mass is 35.5. The van der Waals surface area contributed by atoms with Gasteiger partial charge in [-0.05, 0) is 50.4 Å². The molecule has 2 N–H and O–H groups in total. The number of nitriles is 1. The van der Waals surface area contributed by atoms with E-state index in [0.717, 1.165) is 31.2 Å². The molecule has 0 fully saturated rings. The van der Waals surface area contributed by atoms with E-state index in [1.54, 1.807) is 36.2 Å². The van der Waals surface area contributed by atoms with Crippen LogP contribution in [0.5, 0.6) is 0 Å². The molecule has 0 saturated carbocycles. The standard InChI is InChI=1S/C21H23ClN4O2S/c1-26(12-19(27)24-17-9-6-5-8-16(17)22)13-20(28)25-21-15(11-23)14-7-3-2-4-10-18(14)29-21/h5-6,8-9H,2-4,7,10,12-13H2,1H3,(H,24,27)(H,25,28). The summed E-state index contributed by atoms with van der Waals surface area (Å²) < 4.78 is 0. The fourth-order valence-electron chi connectivity index (χ4n) is 3.41. The number of anilines is 2. The number of benzene rings is 1. The van der Waals surface area contributed by atoms with E-state index in [4.69, 9.17) is 11.6 Å². The van der Waals surface area contributed by atoms with Crippen molar-refractivity contribution in [1.82, 2.24) is 4.90 Å². The second kappa shape index (κ2) is 9.88. The third-order valence-corrected chi connectivity index (χ3v) is 6.30. The van der Waals surface area contributed by atoms with Crippen LogP contribution in [0.15, 0.2) is 24.3 Å². The lowest BCUT2D eigenvalue weighted by atomic mass is 10.1. The molecule has 2 amide bonds. The van der Waals surface area contributed by atoms with E-state index in [0.29, 0.717) is 21.3 Å². The van der Waals surface area contributed by atoms with Crippen molar-refractivity contribution in [3.8, 4) is 6.07 Å². The molecule has 1 heterocycles. The number of amides is 2. The molecule has 0 unspecified atom stereocenters. The Hall–Kier alpha value is -2.40. The summed E-state index contributed by atoms with van der Waals surface area (Å²) in [6, 6.07) is 9.25. The first-order chi connectivity index (χ1) is 14.0. The van der Waals surface area contributed by atoms with Gasteiger partial charge < -0.3 is 10.6 Å². The molecular weight excluding hydrogens is 408 g/mol. The van der Waals surface area contributed by atoms with Gasteiger partial charge in [0.25, 0.3) is 0 Å². The molecule has 2 aromatic rings. The number of nitrogens with zero attached hydrogens (tertiary/aromatic N) is 2. The topological polar surface area (TPSA) is 85.2 Å². The van der Waals surface area contributed by atoms with Crippen LogP contribution in [0.2, 0.25) is 5.02 Å². The Morgan fingerprint density at radius 2 is 1.83 bits per heavy atom. The van der Waals surface area contributed by atoms with E-state index in [1.807, 2.05) is 0 Å². The van der Waals surface area contributed by atoms with Crippen LogP contribution in [0.1, 0.15) is 35.3 Å². The molecule has 29 heavy (non-hydrogen) atoms. The summed E-state index contributed by atoms with van der Waals surface area (Å²) in [5.74, 6) is -0.500. The largest absolute Gasteiger partial charge is 0.324 e. The molecule has 0 spiro atoms. The molecule has 0 atom stereocenters. The zero-order chi connectivity index (χ0) is 20.8. The van der Waals surface area contributed by atoms with E-state index in [2.05, 4.69) is 16.7 Å². The van der Waals surface area contributed by atoms with Crippen LogP contribution in [0.3, 0.4) is 0 Å². The van der Waals surface area contributed by atoms with Gasteiger partial charge in [-0.1, -0.05) is 30.2 Å². The number of hydrogen-bond acceptors (Lipinski definition) is 5. The van der Waals surface area contributed by atoms with Gasteiger partial charge in [0, 0.05) is 4.88 Å². The first kappa shape index (κ1) is 21.3. The van der Waals surface area contributed by atoms with Crippen LogP contribution in [-0.2, 0) is 22.4 Å². The summed E-state index contributed by atoms with van der Waals surface area (Å²) in [7, 11) is 1.70.